The fraction of sp³-hybridized carbons (Fsp3) is 0.316. The molecular formula is C19H23NO3. The maximum Gasteiger partial charge on any atom is 0.258 e. The molecule has 0 aliphatic carbocycles. The van der Waals surface area contributed by atoms with Gasteiger partial charge in [0.05, 0.1) is 13.2 Å². The van der Waals surface area contributed by atoms with Crippen molar-refractivity contribution in [2.24, 2.45) is 0 Å². The zero-order valence-electron chi connectivity index (χ0n) is 14.1. The average molecular weight is 313 g/mol. The molecule has 0 aliphatic rings. The van der Waals surface area contributed by atoms with Crippen LogP contribution in [0.4, 0.5) is 0 Å². The molecule has 0 saturated carbocycles. The lowest BCUT2D eigenvalue weighted by Gasteiger charge is -2.16. The molecule has 23 heavy (non-hydrogen) atoms. The Morgan fingerprint density at radius 2 is 1.83 bits per heavy atom. The Balaban J connectivity index is 1.89. The second kappa shape index (κ2) is 7.68. The number of carbonyl (C=O) groups excluding carboxylic acids is 1. The van der Waals surface area contributed by atoms with Crippen LogP contribution in [0.5, 0.6) is 11.5 Å². The average Bonchev–Trinajstić information content (AvgIpc) is 2.55. The molecule has 2 aromatic carbocycles. The number of ether oxygens (including phenoxy) is 2. The second-order valence-electron chi connectivity index (χ2n) is 5.60. The van der Waals surface area contributed by atoms with Gasteiger partial charge in [0, 0.05) is 6.07 Å². The van der Waals surface area contributed by atoms with Gasteiger partial charge in [-0.15, -0.1) is 0 Å². The first-order valence-corrected chi connectivity index (χ1v) is 7.63. The summed E-state index contributed by atoms with van der Waals surface area (Å²) in [6.07, 6.45) is 0. The molecule has 0 fully saturated rings. The van der Waals surface area contributed by atoms with E-state index in [1.165, 1.54) is 11.1 Å². The molecule has 4 nitrogen and oxygen atoms in total. The van der Waals surface area contributed by atoms with E-state index in [4.69, 9.17) is 9.47 Å². The van der Waals surface area contributed by atoms with E-state index in [2.05, 4.69) is 31.3 Å². The molecule has 0 aromatic heterocycles. The van der Waals surface area contributed by atoms with Gasteiger partial charge in [-0.1, -0.05) is 24.3 Å². The molecule has 0 aliphatic heterocycles. The van der Waals surface area contributed by atoms with Crippen molar-refractivity contribution in [3.63, 3.8) is 0 Å². The van der Waals surface area contributed by atoms with Crippen LogP contribution in [0, 0.1) is 13.8 Å². The van der Waals surface area contributed by atoms with Crippen molar-refractivity contribution in [3.8, 4) is 11.5 Å². The third kappa shape index (κ3) is 4.74. The van der Waals surface area contributed by atoms with Gasteiger partial charge >= 0.3 is 0 Å². The quantitative estimate of drug-likeness (QED) is 0.887. The summed E-state index contributed by atoms with van der Waals surface area (Å²) >= 11 is 0. The smallest absolute Gasteiger partial charge is 0.258 e. The summed E-state index contributed by atoms with van der Waals surface area (Å²) in [5, 5.41) is 2.95. The van der Waals surface area contributed by atoms with E-state index in [-0.39, 0.29) is 18.6 Å². The van der Waals surface area contributed by atoms with E-state index in [0.29, 0.717) is 11.5 Å². The zero-order valence-corrected chi connectivity index (χ0v) is 14.1. The SMILES string of the molecule is COc1cccc(OCC(=O)NC(C)c2ccc(C)c(C)c2)c1. The molecule has 0 radical (unpaired) electrons. The number of benzene rings is 2. The zero-order chi connectivity index (χ0) is 16.8. The van der Waals surface area contributed by atoms with Gasteiger partial charge in [0.2, 0.25) is 0 Å². The van der Waals surface area contributed by atoms with Gasteiger partial charge in [0.25, 0.3) is 5.91 Å². The number of rotatable bonds is 6. The lowest BCUT2D eigenvalue weighted by Crippen LogP contribution is -2.31. The minimum atomic E-state index is -0.154. The molecule has 1 atom stereocenters. The molecule has 122 valence electrons. The predicted molar refractivity (Wildman–Crippen MR) is 91.0 cm³/mol. The number of carbonyl (C=O) groups is 1. The first kappa shape index (κ1) is 16.9. The molecule has 1 amide bonds. The Morgan fingerprint density at radius 3 is 2.52 bits per heavy atom. The maximum absolute atomic E-state index is 12.0. The summed E-state index contributed by atoms with van der Waals surface area (Å²) in [5.41, 5.74) is 3.55. The highest BCUT2D eigenvalue weighted by Gasteiger charge is 2.11. The van der Waals surface area contributed by atoms with Gasteiger partial charge < -0.3 is 14.8 Å². The van der Waals surface area contributed by atoms with E-state index in [1.807, 2.05) is 25.1 Å². The van der Waals surface area contributed by atoms with Gasteiger partial charge in [-0.05, 0) is 49.6 Å². The number of nitrogens with one attached hydrogen (secondary N) is 1. The van der Waals surface area contributed by atoms with Crippen LogP contribution in [-0.2, 0) is 4.79 Å². The number of aryl methyl sites for hydroxylation is 2. The van der Waals surface area contributed by atoms with Crippen molar-refractivity contribution in [1.82, 2.24) is 5.32 Å². The van der Waals surface area contributed by atoms with E-state index < -0.39 is 0 Å². The Morgan fingerprint density at radius 1 is 1.09 bits per heavy atom. The third-order valence-corrected chi connectivity index (χ3v) is 3.82. The number of methoxy groups -OCH3 is 1. The normalized spacial score (nSPS) is 11.7. The van der Waals surface area contributed by atoms with Gasteiger partial charge in [0.15, 0.2) is 6.61 Å². The summed E-state index contributed by atoms with van der Waals surface area (Å²) in [6, 6.07) is 13.3. The van der Waals surface area contributed by atoms with Crippen molar-refractivity contribution in [1.29, 1.82) is 0 Å². The van der Waals surface area contributed by atoms with E-state index in [1.54, 1.807) is 19.2 Å². The monoisotopic (exact) mass is 313 g/mol. The molecule has 4 heteroatoms. The molecule has 1 N–H and O–H groups in total. The number of hydrogen-bond acceptors (Lipinski definition) is 3. The van der Waals surface area contributed by atoms with Crippen molar-refractivity contribution >= 4 is 5.91 Å². The van der Waals surface area contributed by atoms with Crippen molar-refractivity contribution < 1.29 is 14.3 Å². The summed E-state index contributed by atoms with van der Waals surface area (Å²) < 4.78 is 10.6. The minimum absolute atomic E-state index is 0.0254. The van der Waals surface area contributed by atoms with Crippen LogP contribution in [0.15, 0.2) is 42.5 Å². The summed E-state index contributed by atoms with van der Waals surface area (Å²) in [4.78, 5) is 12.0. The highest BCUT2D eigenvalue weighted by atomic mass is 16.5. The van der Waals surface area contributed by atoms with E-state index >= 15 is 0 Å². The Hall–Kier alpha value is -2.49. The van der Waals surface area contributed by atoms with Crippen LogP contribution in [0.2, 0.25) is 0 Å². The molecule has 2 rings (SSSR count). The van der Waals surface area contributed by atoms with Crippen LogP contribution < -0.4 is 14.8 Å². The summed E-state index contributed by atoms with van der Waals surface area (Å²) in [5.74, 6) is 1.16. The molecule has 0 heterocycles. The highest BCUT2D eigenvalue weighted by Crippen LogP contribution is 2.19. The molecule has 0 spiro atoms. The van der Waals surface area contributed by atoms with E-state index in [9.17, 15) is 4.79 Å². The lowest BCUT2D eigenvalue weighted by atomic mass is 10.0. The summed E-state index contributed by atoms with van der Waals surface area (Å²) in [6.45, 7) is 6.08. The van der Waals surface area contributed by atoms with Crippen LogP contribution in [0.25, 0.3) is 0 Å². The number of hydrogen-bond donors (Lipinski definition) is 1. The van der Waals surface area contributed by atoms with Crippen LogP contribution in [0.1, 0.15) is 29.7 Å². The summed E-state index contributed by atoms with van der Waals surface area (Å²) in [7, 11) is 1.59. The predicted octanol–water partition coefficient (Wildman–Crippen LogP) is 3.57. The lowest BCUT2D eigenvalue weighted by molar-refractivity contribution is -0.123. The van der Waals surface area contributed by atoms with Crippen LogP contribution >= 0.6 is 0 Å². The Kier molecular flexibility index (Phi) is 5.63. The second-order valence-corrected chi connectivity index (χ2v) is 5.60. The third-order valence-electron chi connectivity index (χ3n) is 3.82. The minimum Gasteiger partial charge on any atom is -0.497 e. The Bertz CT molecular complexity index is 682. The van der Waals surface area contributed by atoms with E-state index in [0.717, 1.165) is 5.56 Å². The van der Waals surface area contributed by atoms with Gasteiger partial charge in [-0.2, -0.15) is 0 Å². The topological polar surface area (TPSA) is 47.6 Å². The number of amides is 1. The fourth-order valence-electron chi connectivity index (χ4n) is 2.24. The molecule has 2 aromatic rings. The van der Waals surface area contributed by atoms with Crippen molar-refractivity contribution in [2.45, 2.75) is 26.8 Å². The fourth-order valence-corrected chi connectivity index (χ4v) is 2.24. The van der Waals surface area contributed by atoms with Crippen LogP contribution in [0.3, 0.4) is 0 Å². The first-order valence-electron chi connectivity index (χ1n) is 7.63. The molecular weight excluding hydrogens is 290 g/mol. The highest BCUT2D eigenvalue weighted by molar-refractivity contribution is 5.78. The van der Waals surface area contributed by atoms with Gasteiger partial charge in [-0.25, -0.2) is 0 Å². The maximum atomic E-state index is 12.0. The molecule has 1 unspecified atom stereocenters. The van der Waals surface area contributed by atoms with Gasteiger partial charge in [0.1, 0.15) is 11.5 Å². The molecule has 0 bridgehead atoms. The van der Waals surface area contributed by atoms with Gasteiger partial charge in [-0.3, -0.25) is 4.79 Å². The largest absolute Gasteiger partial charge is 0.497 e. The molecule has 0 saturated heterocycles. The van der Waals surface area contributed by atoms with Crippen molar-refractivity contribution in [2.75, 3.05) is 13.7 Å². The van der Waals surface area contributed by atoms with Crippen LogP contribution in [-0.4, -0.2) is 19.6 Å². The Labute approximate surface area is 137 Å². The van der Waals surface area contributed by atoms with Crippen molar-refractivity contribution in [3.05, 3.63) is 59.2 Å². The standard InChI is InChI=1S/C19H23NO3/c1-13-8-9-16(10-14(13)2)15(3)20-19(21)12-23-18-7-5-6-17(11-18)22-4/h5-11,15H,12H2,1-4H3,(H,20,21). The first-order chi connectivity index (χ1) is 11.0.